The summed E-state index contributed by atoms with van der Waals surface area (Å²) in [6.45, 7) is 0. The zero-order chi connectivity index (χ0) is 21.1. The molecular weight excluding hydrogens is 378 g/mol. The van der Waals surface area contributed by atoms with Gasteiger partial charge in [-0.25, -0.2) is 4.79 Å². The maximum absolute atomic E-state index is 13.2. The molecule has 1 N–H and O–H groups in total. The summed E-state index contributed by atoms with van der Waals surface area (Å²) in [6, 6.07) is 7.82. The van der Waals surface area contributed by atoms with E-state index in [1.165, 1.54) is 40.6 Å². The molecule has 0 bridgehead atoms. The minimum atomic E-state index is -1.17. The molecule has 8 nitrogen and oxygen atoms in total. The first-order valence-corrected chi connectivity index (χ1v) is 8.49. The number of nitrogens with zero attached hydrogens (tertiary/aromatic N) is 1. The quantitative estimate of drug-likeness (QED) is 0.606. The number of pyridine rings is 1. The molecule has 3 rings (SSSR count). The van der Waals surface area contributed by atoms with E-state index in [0.717, 1.165) is 6.20 Å². The van der Waals surface area contributed by atoms with Gasteiger partial charge in [-0.15, -0.1) is 0 Å². The average Bonchev–Trinajstić information content (AvgIpc) is 2.75. The molecule has 0 aliphatic rings. The molecule has 0 aliphatic heterocycles. The van der Waals surface area contributed by atoms with Crippen LogP contribution in [-0.2, 0) is 0 Å². The van der Waals surface area contributed by atoms with Gasteiger partial charge in [0.1, 0.15) is 17.2 Å². The average molecular weight is 397 g/mol. The van der Waals surface area contributed by atoms with Crippen LogP contribution in [0.4, 0.5) is 0 Å². The monoisotopic (exact) mass is 397 g/mol. The lowest BCUT2D eigenvalue weighted by Crippen LogP contribution is -2.09. The third kappa shape index (κ3) is 3.64. The summed E-state index contributed by atoms with van der Waals surface area (Å²) in [6.07, 6.45) is 1.15. The molecule has 8 heteroatoms. The van der Waals surface area contributed by atoms with Gasteiger partial charge >= 0.3 is 5.97 Å². The first kappa shape index (κ1) is 19.9. The van der Waals surface area contributed by atoms with Gasteiger partial charge in [0.25, 0.3) is 0 Å². The Hall–Kier alpha value is -3.81. The van der Waals surface area contributed by atoms with Crippen molar-refractivity contribution in [2.24, 2.45) is 0 Å². The van der Waals surface area contributed by atoms with Gasteiger partial charge in [0.2, 0.25) is 5.78 Å². The van der Waals surface area contributed by atoms with E-state index in [1.807, 2.05) is 0 Å². The topological polar surface area (TPSA) is 104 Å². The number of carboxylic acids is 1. The predicted molar refractivity (Wildman–Crippen MR) is 105 cm³/mol. The van der Waals surface area contributed by atoms with E-state index >= 15 is 0 Å². The molecule has 2 aromatic carbocycles. The lowest BCUT2D eigenvalue weighted by molar-refractivity contribution is 0.0698. The van der Waals surface area contributed by atoms with Crippen molar-refractivity contribution in [2.75, 3.05) is 28.4 Å². The minimum absolute atomic E-state index is 0.0549. The van der Waals surface area contributed by atoms with Crippen LogP contribution in [-0.4, -0.2) is 50.3 Å². The summed E-state index contributed by atoms with van der Waals surface area (Å²) >= 11 is 0. The van der Waals surface area contributed by atoms with E-state index in [2.05, 4.69) is 4.98 Å². The Labute approximate surface area is 166 Å². The van der Waals surface area contributed by atoms with Crippen molar-refractivity contribution in [3.8, 4) is 23.0 Å². The van der Waals surface area contributed by atoms with Crippen molar-refractivity contribution in [3.63, 3.8) is 0 Å². The lowest BCUT2D eigenvalue weighted by atomic mass is 9.98. The second-order valence-electron chi connectivity index (χ2n) is 6.01. The molecule has 0 radical (unpaired) electrons. The normalized spacial score (nSPS) is 10.5. The lowest BCUT2D eigenvalue weighted by Gasteiger charge is -2.13. The Morgan fingerprint density at radius 1 is 0.793 bits per heavy atom. The van der Waals surface area contributed by atoms with Gasteiger partial charge in [-0.1, -0.05) is 0 Å². The number of carboxylic acid groups (broad SMARTS) is 1. The van der Waals surface area contributed by atoms with Crippen LogP contribution in [0.3, 0.4) is 0 Å². The van der Waals surface area contributed by atoms with Gasteiger partial charge in [-0.05, 0) is 24.3 Å². The molecule has 0 amide bonds. The molecule has 0 unspecified atom stereocenters. The van der Waals surface area contributed by atoms with Gasteiger partial charge in [-0.3, -0.25) is 9.78 Å². The van der Waals surface area contributed by atoms with E-state index < -0.39 is 11.8 Å². The molecular formula is C21H19NO7. The van der Waals surface area contributed by atoms with Crippen molar-refractivity contribution >= 4 is 22.5 Å². The fraction of sp³-hybridized carbons (Fsp3) is 0.190. The predicted octanol–water partition coefficient (Wildman–Crippen LogP) is 3.20. The summed E-state index contributed by atoms with van der Waals surface area (Å²) in [4.78, 5) is 29.0. The Balaban J connectivity index is 2.28. The Morgan fingerprint density at radius 3 is 1.83 bits per heavy atom. The molecule has 29 heavy (non-hydrogen) atoms. The van der Waals surface area contributed by atoms with Crippen LogP contribution in [0, 0.1) is 0 Å². The molecule has 0 saturated heterocycles. The van der Waals surface area contributed by atoms with Crippen LogP contribution in [0.15, 0.2) is 36.5 Å². The van der Waals surface area contributed by atoms with Crippen molar-refractivity contribution in [1.29, 1.82) is 0 Å². The second-order valence-corrected chi connectivity index (χ2v) is 6.01. The molecule has 0 atom stereocenters. The van der Waals surface area contributed by atoms with E-state index in [1.54, 1.807) is 18.2 Å². The zero-order valence-electron chi connectivity index (χ0n) is 16.3. The van der Waals surface area contributed by atoms with Crippen LogP contribution in [0.25, 0.3) is 10.8 Å². The van der Waals surface area contributed by atoms with Crippen LogP contribution in [0.1, 0.15) is 26.4 Å². The van der Waals surface area contributed by atoms with Gasteiger partial charge < -0.3 is 24.1 Å². The molecule has 0 aliphatic carbocycles. The molecule has 3 aromatic rings. The highest BCUT2D eigenvalue weighted by molar-refractivity contribution is 6.18. The fourth-order valence-corrected chi connectivity index (χ4v) is 2.99. The number of ketones is 1. The number of carbonyl (C=O) groups excluding carboxylic acids is 1. The molecule has 0 spiro atoms. The SMILES string of the molecule is COc1cc(OC)cc(C(=O)c2ncc(C(=O)O)c3cc(OC)c(OC)cc23)c1. The van der Waals surface area contributed by atoms with Gasteiger partial charge in [-0.2, -0.15) is 0 Å². The number of benzene rings is 2. The Morgan fingerprint density at radius 2 is 1.34 bits per heavy atom. The summed E-state index contributed by atoms with van der Waals surface area (Å²) in [5.74, 6) is -0.0123. The van der Waals surface area contributed by atoms with Crippen LogP contribution in [0.2, 0.25) is 0 Å². The number of methoxy groups -OCH3 is 4. The molecule has 1 heterocycles. The standard InChI is InChI=1S/C21H19NO7/c1-26-12-5-11(6-13(7-12)27-2)20(23)19-15-9-18(29-4)17(28-3)8-14(15)16(10-22-19)21(24)25/h5-10H,1-4H3,(H,24,25). The van der Waals surface area contributed by atoms with Crippen molar-refractivity contribution in [1.82, 2.24) is 4.98 Å². The third-order valence-electron chi connectivity index (χ3n) is 4.45. The van der Waals surface area contributed by atoms with E-state index in [9.17, 15) is 14.7 Å². The van der Waals surface area contributed by atoms with Gasteiger partial charge in [0, 0.05) is 28.6 Å². The first-order chi connectivity index (χ1) is 13.9. The van der Waals surface area contributed by atoms with E-state index in [-0.39, 0.29) is 16.8 Å². The summed E-state index contributed by atoms with van der Waals surface area (Å²) in [5, 5.41) is 10.2. The number of hydrogen-bond acceptors (Lipinski definition) is 7. The second kappa shape index (κ2) is 8.05. The van der Waals surface area contributed by atoms with Gasteiger partial charge in [0.15, 0.2) is 11.5 Å². The zero-order valence-corrected chi connectivity index (χ0v) is 16.3. The van der Waals surface area contributed by atoms with E-state index in [4.69, 9.17) is 18.9 Å². The minimum Gasteiger partial charge on any atom is -0.497 e. The highest BCUT2D eigenvalue weighted by atomic mass is 16.5. The number of rotatable bonds is 7. The van der Waals surface area contributed by atoms with Crippen molar-refractivity contribution in [3.05, 3.63) is 53.3 Å². The van der Waals surface area contributed by atoms with Crippen molar-refractivity contribution < 1.29 is 33.6 Å². The maximum atomic E-state index is 13.2. The number of carbonyl (C=O) groups is 2. The summed E-state index contributed by atoms with van der Waals surface area (Å²) in [7, 11) is 5.86. The number of fused-ring (bicyclic) bond motifs is 1. The highest BCUT2D eigenvalue weighted by Crippen LogP contribution is 2.35. The van der Waals surface area contributed by atoms with Crippen LogP contribution < -0.4 is 18.9 Å². The fourth-order valence-electron chi connectivity index (χ4n) is 2.99. The molecule has 0 saturated carbocycles. The molecule has 0 fully saturated rings. The third-order valence-corrected chi connectivity index (χ3v) is 4.45. The van der Waals surface area contributed by atoms with Crippen LogP contribution in [0.5, 0.6) is 23.0 Å². The maximum Gasteiger partial charge on any atom is 0.337 e. The van der Waals surface area contributed by atoms with Crippen molar-refractivity contribution in [2.45, 2.75) is 0 Å². The Kier molecular flexibility index (Phi) is 5.54. The smallest absolute Gasteiger partial charge is 0.337 e. The largest absolute Gasteiger partial charge is 0.497 e. The summed E-state index contributed by atoms with van der Waals surface area (Å²) in [5.41, 5.74) is 0.301. The first-order valence-electron chi connectivity index (χ1n) is 8.49. The number of aromatic carboxylic acids is 1. The number of hydrogen-bond donors (Lipinski definition) is 1. The number of ether oxygens (including phenoxy) is 4. The molecule has 150 valence electrons. The highest BCUT2D eigenvalue weighted by Gasteiger charge is 2.22. The summed E-state index contributed by atoms with van der Waals surface area (Å²) < 4.78 is 21.0. The van der Waals surface area contributed by atoms with Crippen LogP contribution >= 0.6 is 0 Å². The van der Waals surface area contributed by atoms with Gasteiger partial charge in [0.05, 0.1) is 34.0 Å². The Bertz CT molecular complexity index is 1090. The van der Waals surface area contributed by atoms with E-state index in [0.29, 0.717) is 33.8 Å². The molecule has 1 aromatic heterocycles. The number of aromatic nitrogens is 1.